The lowest BCUT2D eigenvalue weighted by atomic mass is 10.1. The van der Waals surface area contributed by atoms with E-state index in [0.717, 1.165) is 23.9 Å². The first kappa shape index (κ1) is 13.0. The zero-order valence-electron chi connectivity index (χ0n) is 9.93. The molecule has 2 nitrogen and oxygen atoms in total. The fourth-order valence-electron chi connectivity index (χ4n) is 2.03. The molecule has 0 saturated carbocycles. The molecule has 1 unspecified atom stereocenters. The number of hydrogen-bond acceptors (Lipinski definition) is 1. The Labute approximate surface area is 116 Å². The second-order valence-electron chi connectivity index (χ2n) is 4.08. The number of aromatic nitrogens is 1. The average molecular weight is 359 g/mol. The quantitative estimate of drug-likeness (QED) is 0.503. The van der Waals surface area contributed by atoms with Gasteiger partial charge in [-0.1, -0.05) is 21.9 Å². The molecule has 0 radical (unpaired) electrons. The fraction of sp³-hybridized carbons (Fsp3) is 0.308. The van der Waals surface area contributed by atoms with Crippen LogP contribution in [0.4, 0.5) is 0 Å². The summed E-state index contributed by atoms with van der Waals surface area (Å²) in [7, 11) is 0.703. The van der Waals surface area contributed by atoms with Crippen molar-refractivity contribution in [3.63, 3.8) is 0 Å². The van der Waals surface area contributed by atoms with Crippen LogP contribution in [0.3, 0.4) is 0 Å². The maximum Gasteiger partial charge on any atom is 0.176 e. The Morgan fingerprint density at radius 2 is 2.24 bits per heavy atom. The van der Waals surface area contributed by atoms with Crippen LogP contribution in [0.1, 0.15) is 36.3 Å². The molecule has 90 valence electrons. The standard InChI is InChI=1S/C13H15INOP/c1-3-4-9-10-7-17-12(14)6-5-11(10)15-13(9)8(2)16/h5-7,15,17H,3-4H2,1-2H3. The van der Waals surface area contributed by atoms with Gasteiger partial charge in [-0.25, -0.2) is 0 Å². The third-order valence-electron chi connectivity index (χ3n) is 2.78. The highest BCUT2D eigenvalue weighted by Gasteiger charge is 2.12. The zero-order valence-corrected chi connectivity index (χ0v) is 13.1. The maximum atomic E-state index is 11.6. The van der Waals surface area contributed by atoms with Crippen LogP contribution in [-0.2, 0) is 6.42 Å². The van der Waals surface area contributed by atoms with Gasteiger partial charge in [0.05, 0.1) is 5.69 Å². The minimum absolute atomic E-state index is 0.130. The minimum atomic E-state index is 0.130. The van der Waals surface area contributed by atoms with Crippen LogP contribution >= 0.6 is 31.2 Å². The van der Waals surface area contributed by atoms with E-state index < -0.39 is 0 Å². The van der Waals surface area contributed by atoms with Gasteiger partial charge in [0, 0.05) is 20.8 Å². The molecule has 0 fully saturated rings. The smallest absolute Gasteiger partial charge is 0.176 e. The Kier molecular flexibility index (Phi) is 4.21. The number of Topliss-reactive ketones (excluding diaryl/α,β-unsaturated/α-hetero) is 1. The van der Waals surface area contributed by atoms with Gasteiger partial charge in [-0.05, 0) is 52.5 Å². The van der Waals surface area contributed by atoms with Crippen LogP contribution in [0.2, 0.25) is 0 Å². The van der Waals surface area contributed by atoms with Gasteiger partial charge in [0.1, 0.15) is 0 Å². The topological polar surface area (TPSA) is 32.9 Å². The molecule has 0 bridgehead atoms. The van der Waals surface area contributed by atoms with Crippen LogP contribution in [0, 0.1) is 0 Å². The van der Waals surface area contributed by atoms with Crippen LogP contribution in [-0.4, -0.2) is 10.8 Å². The first-order valence-electron chi connectivity index (χ1n) is 5.69. The summed E-state index contributed by atoms with van der Waals surface area (Å²) in [5, 5.41) is 2.32. The number of carbonyl (C=O) groups excluding carboxylic acids is 1. The number of halogens is 1. The highest BCUT2D eigenvalue weighted by Crippen LogP contribution is 2.31. The number of fused-ring (bicyclic) bond motifs is 1. The van der Waals surface area contributed by atoms with Crippen LogP contribution in [0.25, 0.3) is 11.9 Å². The average Bonchev–Trinajstić information content (AvgIpc) is 2.52. The second kappa shape index (κ2) is 5.49. The molecule has 1 aromatic heterocycles. The van der Waals surface area contributed by atoms with Crippen molar-refractivity contribution in [3.05, 3.63) is 31.2 Å². The first-order chi connectivity index (χ1) is 8.13. The highest BCUT2D eigenvalue weighted by molar-refractivity contribution is 14.1. The zero-order chi connectivity index (χ0) is 12.4. The van der Waals surface area contributed by atoms with Gasteiger partial charge in [0.25, 0.3) is 0 Å². The number of hydrogen-bond donors (Lipinski definition) is 1. The molecule has 0 amide bonds. The van der Waals surface area contributed by atoms with E-state index in [9.17, 15) is 4.79 Å². The fourth-order valence-corrected chi connectivity index (χ4v) is 3.47. The molecule has 1 aliphatic rings. The summed E-state index contributed by atoms with van der Waals surface area (Å²) in [4.78, 5) is 14.9. The molecule has 1 aromatic rings. The number of nitrogens with one attached hydrogen (secondary N) is 1. The Balaban J connectivity index is 2.69. The Bertz CT molecular complexity index is 598. The molecular formula is C13H15INOP. The third-order valence-corrected chi connectivity index (χ3v) is 4.95. The summed E-state index contributed by atoms with van der Waals surface area (Å²) in [6, 6.07) is 0. The molecule has 1 atom stereocenters. The van der Waals surface area contributed by atoms with Gasteiger partial charge < -0.3 is 4.98 Å². The SMILES string of the molecule is CCCc1c(C(C)=O)[nH]c2c1=CPC(I)=CC=2. The Morgan fingerprint density at radius 1 is 1.47 bits per heavy atom. The predicted molar refractivity (Wildman–Crippen MR) is 83.4 cm³/mol. The summed E-state index contributed by atoms with van der Waals surface area (Å²) in [5.74, 6) is 2.38. The summed E-state index contributed by atoms with van der Waals surface area (Å²) >= 11 is 2.36. The van der Waals surface area contributed by atoms with Gasteiger partial charge in [0.2, 0.25) is 0 Å². The van der Waals surface area contributed by atoms with Crippen molar-refractivity contribution >= 4 is 48.8 Å². The van der Waals surface area contributed by atoms with Crippen LogP contribution < -0.4 is 10.6 Å². The summed E-state index contributed by atoms with van der Waals surface area (Å²) in [6.07, 6.45) is 6.23. The van der Waals surface area contributed by atoms with E-state index in [1.54, 1.807) is 6.92 Å². The predicted octanol–water partition coefficient (Wildman–Crippen LogP) is 2.66. The lowest BCUT2D eigenvalue weighted by Gasteiger charge is -1.98. The molecule has 17 heavy (non-hydrogen) atoms. The van der Waals surface area contributed by atoms with E-state index in [1.165, 1.54) is 14.1 Å². The number of ketones is 1. The van der Waals surface area contributed by atoms with E-state index in [4.69, 9.17) is 0 Å². The lowest BCUT2D eigenvalue weighted by molar-refractivity contribution is 0.101. The summed E-state index contributed by atoms with van der Waals surface area (Å²) in [6.45, 7) is 3.78. The van der Waals surface area contributed by atoms with Gasteiger partial charge in [-0.2, -0.15) is 0 Å². The van der Waals surface area contributed by atoms with E-state index in [-0.39, 0.29) is 5.78 Å². The molecule has 0 spiro atoms. The summed E-state index contributed by atoms with van der Waals surface area (Å²) in [5.41, 5.74) is 1.98. The van der Waals surface area contributed by atoms with Crippen LogP contribution in [0.15, 0.2) is 9.40 Å². The highest BCUT2D eigenvalue weighted by atomic mass is 127. The second-order valence-corrected chi connectivity index (χ2v) is 7.38. The lowest BCUT2D eigenvalue weighted by Crippen LogP contribution is -2.23. The molecule has 2 heterocycles. The first-order valence-corrected chi connectivity index (χ1v) is 7.85. The minimum Gasteiger partial charge on any atom is -0.352 e. The van der Waals surface area contributed by atoms with Crippen LogP contribution in [0.5, 0.6) is 0 Å². The van der Waals surface area contributed by atoms with E-state index in [1.807, 2.05) is 0 Å². The molecule has 0 aromatic carbocycles. The van der Waals surface area contributed by atoms with Gasteiger partial charge in [-0.15, -0.1) is 0 Å². The van der Waals surface area contributed by atoms with Crippen molar-refractivity contribution in [2.75, 3.05) is 0 Å². The van der Waals surface area contributed by atoms with Crippen molar-refractivity contribution in [2.45, 2.75) is 26.7 Å². The molecule has 4 heteroatoms. The van der Waals surface area contributed by atoms with Crippen molar-refractivity contribution in [2.24, 2.45) is 0 Å². The molecular weight excluding hydrogens is 344 g/mol. The van der Waals surface area contributed by atoms with Gasteiger partial charge in [0.15, 0.2) is 5.78 Å². The van der Waals surface area contributed by atoms with Crippen molar-refractivity contribution in [1.29, 1.82) is 0 Å². The van der Waals surface area contributed by atoms with Gasteiger partial charge in [-0.3, -0.25) is 4.79 Å². The monoisotopic (exact) mass is 359 g/mol. The largest absolute Gasteiger partial charge is 0.352 e. The third kappa shape index (κ3) is 2.71. The van der Waals surface area contributed by atoms with Crippen molar-refractivity contribution < 1.29 is 4.79 Å². The molecule has 0 aliphatic carbocycles. The summed E-state index contributed by atoms with van der Waals surface area (Å²) < 4.78 is 1.35. The van der Waals surface area contributed by atoms with E-state index >= 15 is 0 Å². The van der Waals surface area contributed by atoms with E-state index in [0.29, 0.717) is 8.58 Å². The number of carbonyl (C=O) groups is 1. The molecule has 2 rings (SSSR count). The number of aromatic amines is 1. The number of allylic oxidation sites excluding steroid dienone is 1. The Hall–Kier alpha value is -0.410. The Morgan fingerprint density at radius 3 is 2.88 bits per heavy atom. The molecule has 1 aliphatic heterocycles. The van der Waals surface area contributed by atoms with E-state index in [2.05, 4.69) is 52.5 Å². The maximum absolute atomic E-state index is 11.6. The van der Waals surface area contributed by atoms with Crippen molar-refractivity contribution in [3.8, 4) is 0 Å². The number of H-pyrrole nitrogens is 1. The van der Waals surface area contributed by atoms with Crippen molar-refractivity contribution in [1.82, 2.24) is 4.98 Å². The van der Waals surface area contributed by atoms with Gasteiger partial charge >= 0.3 is 0 Å². The number of rotatable bonds is 3. The molecule has 0 saturated heterocycles. The normalized spacial score (nSPS) is 15.6. The molecule has 1 N–H and O–H groups in total.